The molecular formula is C16H23N5. The van der Waals surface area contributed by atoms with Crippen molar-refractivity contribution in [1.29, 1.82) is 0 Å². The van der Waals surface area contributed by atoms with Gasteiger partial charge in [0.25, 0.3) is 0 Å². The number of tetrazole rings is 1. The highest BCUT2D eigenvalue weighted by molar-refractivity contribution is 5.51. The van der Waals surface area contributed by atoms with Crippen molar-refractivity contribution in [3.8, 4) is 5.69 Å². The van der Waals surface area contributed by atoms with Crippen LogP contribution >= 0.6 is 0 Å². The smallest absolute Gasteiger partial charge is 0.143 e. The van der Waals surface area contributed by atoms with Crippen LogP contribution < -0.4 is 5.32 Å². The predicted octanol–water partition coefficient (Wildman–Crippen LogP) is 3.43. The van der Waals surface area contributed by atoms with E-state index in [9.17, 15) is 0 Å². The van der Waals surface area contributed by atoms with Gasteiger partial charge in [-0.2, -0.15) is 0 Å². The zero-order valence-corrected chi connectivity index (χ0v) is 12.6. The van der Waals surface area contributed by atoms with Crippen molar-refractivity contribution in [3.63, 3.8) is 0 Å². The van der Waals surface area contributed by atoms with Gasteiger partial charge in [-0.15, -0.1) is 5.10 Å². The second kappa shape index (κ2) is 6.70. The van der Waals surface area contributed by atoms with Gasteiger partial charge in [-0.05, 0) is 60.2 Å². The van der Waals surface area contributed by atoms with Crippen LogP contribution in [-0.4, -0.2) is 26.2 Å². The Kier molecular flexibility index (Phi) is 4.48. The van der Waals surface area contributed by atoms with E-state index in [4.69, 9.17) is 0 Å². The van der Waals surface area contributed by atoms with Gasteiger partial charge in [0.2, 0.25) is 0 Å². The standard InChI is InChI=1S/C16H23N5/c1-2-4-13-7-9-14(10-8-13)18-15-5-3-6-16(11-15)21-12-17-19-20-21/h3,5-6,11-14,18H,2,4,7-10H2,1H3. The van der Waals surface area contributed by atoms with Crippen molar-refractivity contribution in [1.82, 2.24) is 20.2 Å². The summed E-state index contributed by atoms with van der Waals surface area (Å²) < 4.78 is 1.68. The van der Waals surface area contributed by atoms with Crippen molar-refractivity contribution < 1.29 is 0 Å². The lowest BCUT2D eigenvalue weighted by Crippen LogP contribution is -2.26. The van der Waals surface area contributed by atoms with Crippen molar-refractivity contribution in [2.75, 3.05) is 5.32 Å². The lowest BCUT2D eigenvalue weighted by atomic mass is 9.83. The largest absolute Gasteiger partial charge is 0.382 e. The van der Waals surface area contributed by atoms with Gasteiger partial charge in [0, 0.05) is 11.7 Å². The molecule has 1 aliphatic carbocycles. The molecule has 21 heavy (non-hydrogen) atoms. The van der Waals surface area contributed by atoms with Gasteiger partial charge < -0.3 is 5.32 Å². The fourth-order valence-electron chi connectivity index (χ4n) is 3.26. The molecule has 2 aromatic rings. The van der Waals surface area contributed by atoms with Crippen LogP contribution in [0.4, 0.5) is 5.69 Å². The van der Waals surface area contributed by atoms with Crippen LogP contribution in [0.15, 0.2) is 30.6 Å². The average Bonchev–Trinajstić information content (AvgIpc) is 3.04. The molecule has 0 saturated heterocycles. The van der Waals surface area contributed by atoms with E-state index in [0.29, 0.717) is 6.04 Å². The van der Waals surface area contributed by atoms with Gasteiger partial charge in [-0.25, -0.2) is 4.68 Å². The van der Waals surface area contributed by atoms with E-state index >= 15 is 0 Å². The maximum absolute atomic E-state index is 3.93. The Bertz CT molecular complexity index is 544. The van der Waals surface area contributed by atoms with Crippen LogP contribution in [0.5, 0.6) is 0 Å². The summed E-state index contributed by atoms with van der Waals surface area (Å²) >= 11 is 0. The molecule has 0 bridgehead atoms. The topological polar surface area (TPSA) is 55.6 Å². The quantitative estimate of drug-likeness (QED) is 0.914. The monoisotopic (exact) mass is 285 g/mol. The third kappa shape index (κ3) is 3.60. The van der Waals surface area contributed by atoms with Crippen LogP contribution in [0, 0.1) is 5.92 Å². The Balaban J connectivity index is 1.60. The summed E-state index contributed by atoms with van der Waals surface area (Å²) in [6, 6.07) is 8.88. The van der Waals surface area contributed by atoms with Crippen LogP contribution in [0.3, 0.4) is 0 Å². The molecule has 3 rings (SSSR count). The Morgan fingerprint density at radius 1 is 1.24 bits per heavy atom. The molecule has 112 valence electrons. The Labute approximate surface area is 125 Å². The Morgan fingerprint density at radius 2 is 2.10 bits per heavy atom. The van der Waals surface area contributed by atoms with Crippen molar-refractivity contribution in [2.45, 2.75) is 51.5 Å². The minimum absolute atomic E-state index is 0.599. The maximum atomic E-state index is 3.93. The molecule has 1 aromatic heterocycles. The highest BCUT2D eigenvalue weighted by atomic mass is 15.5. The summed E-state index contributed by atoms with van der Waals surface area (Å²) in [6.07, 6.45) is 9.60. The molecule has 0 unspecified atom stereocenters. The summed E-state index contributed by atoms with van der Waals surface area (Å²) in [5.41, 5.74) is 2.15. The van der Waals surface area contributed by atoms with Gasteiger partial charge >= 0.3 is 0 Å². The fraction of sp³-hybridized carbons (Fsp3) is 0.562. The number of nitrogens with one attached hydrogen (secondary N) is 1. The fourth-order valence-corrected chi connectivity index (χ4v) is 3.26. The Hall–Kier alpha value is -1.91. The van der Waals surface area contributed by atoms with Crippen LogP contribution in [-0.2, 0) is 0 Å². The summed E-state index contributed by atoms with van der Waals surface area (Å²) in [6.45, 7) is 2.29. The normalized spacial score (nSPS) is 22.1. The second-order valence-corrected chi connectivity index (χ2v) is 5.96. The van der Waals surface area contributed by atoms with Crippen LogP contribution in [0.25, 0.3) is 5.69 Å². The molecule has 1 heterocycles. The minimum Gasteiger partial charge on any atom is -0.382 e. The molecule has 5 heteroatoms. The number of hydrogen-bond donors (Lipinski definition) is 1. The van der Waals surface area contributed by atoms with Crippen LogP contribution in [0.2, 0.25) is 0 Å². The zero-order valence-electron chi connectivity index (χ0n) is 12.6. The predicted molar refractivity (Wildman–Crippen MR) is 83.4 cm³/mol. The number of anilines is 1. The summed E-state index contributed by atoms with van der Waals surface area (Å²) in [7, 11) is 0. The first-order chi connectivity index (χ1) is 10.3. The van der Waals surface area contributed by atoms with E-state index in [1.165, 1.54) is 38.5 Å². The maximum Gasteiger partial charge on any atom is 0.143 e. The minimum atomic E-state index is 0.599. The molecule has 1 N–H and O–H groups in total. The number of hydrogen-bond acceptors (Lipinski definition) is 4. The molecule has 1 fully saturated rings. The molecule has 1 aliphatic rings. The average molecular weight is 285 g/mol. The van der Waals surface area contributed by atoms with E-state index in [1.807, 2.05) is 12.1 Å². The highest BCUT2D eigenvalue weighted by Crippen LogP contribution is 2.29. The van der Waals surface area contributed by atoms with E-state index in [-0.39, 0.29) is 0 Å². The first-order valence-corrected chi connectivity index (χ1v) is 7.95. The second-order valence-electron chi connectivity index (χ2n) is 5.96. The summed E-state index contributed by atoms with van der Waals surface area (Å²) in [5.74, 6) is 0.945. The zero-order chi connectivity index (χ0) is 14.5. The van der Waals surface area contributed by atoms with Gasteiger partial charge in [-0.3, -0.25) is 0 Å². The molecule has 5 nitrogen and oxygen atoms in total. The first-order valence-electron chi connectivity index (χ1n) is 7.95. The molecule has 0 amide bonds. The van der Waals surface area contributed by atoms with Gasteiger partial charge in [-0.1, -0.05) is 25.8 Å². The molecule has 1 aromatic carbocycles. The molecule has 0 aliphatic heterocycles. The van der Waals surface area contributed by atoms with Gasteiger partial charge in [0.05, 0.1) is 5.69 Å². The van der Waals surface area contributed by atoms with E-state index in [0.717, 1.165) is 17.3 Å². The molecule has 1 saturated carbocycles. The number of nitrogens with zero attached hydrogens (tertiary/aromatic N) is 4. The van der Waals surface area contributed by atoms with Crippen molar-refractivity contribution in [3.05, 3.63) is 30.6 Å². The highest BCUT2D eigenvalue weighted by Gasteiger charge is 2.20. The molecule has 0 radical (unpaired) electrons. The number of aromatic nitrogens is 4. The third-order valence-electron chi connectivity index (χ3n) is 4.37. The van der Waals surface area contributed by atoms with Crippen molar-refractivity contribution in [2.24, 2.45) is 5.92 Å². The first kappa shape index (κ1) is 14.0. The lowest BCUT2D eigenvalue weighted by Gasteiger charge is -2.29. The molecule has 0 spiro atoms. The van der Waals surface area contributed by atoms with Crippen molar-refractivity contribution >= 4 is 5.69 Å². The number of rotatable bonds is 5. The van der Waals surface area contributed by atoms with E-state index < -0.39 is 0 Å². The third-order valence-corrected chi connectivity index (χ3v) is 4.37. The van der Waals surface area contributed by atoms with Crippen LogP contribution in [0.1, 0.15) is 45.4 Å². The molecular weight excluding hydrogens is 262 g/mol. The lowest BCUT2D eigenvalue weighted by molar-refractivity contribution is 0.319. The SMILES string of the molecule is CCCC1CCC(Nc2cccc(-n3cnnn3)c2)CC1. The van der Waals surface area contributed by atoms with Gasteiger partial charge in [0.15, 0.2) is 0 Å². The number of benzene rings is 1. The Morgan fingerprint density at radius 3 is 2.81 bits per heavy atom. The molecule has 0 atom stereocenters. The summed E-state index contributed by atoms with van der Waals surface area (Å²) in [4.78, 5) is 0. The van der Waals surface area contributed by atoms with E-state index in [1.54, 1.807) is 11.0 Å². The van der Waals surface area contributed by atoms with Gasteiger partial charge in [0.1, 0.15) is 6.33 Å². The van der Waals surface area contributed by atoms with E-state index in [2.05, 4.69) is 39.9 Å². The summed E-state index contributed by atoms with van der Waals surface area (Å²) in [5, 5.41) is 15.0.